The molecule has 4 nitrogen and oxygen atoms in total. The summed E-state index contributed by atoms with van der Waals surface area (Å²) in [6.07, 6.45) is 6.37. The maximum absolute atomic E-state index is 11.9. The Bertz CT molecular complexity index is 460. The molecule has 23 heavy (non-hydrogen) atoms. The van der Waals surface area contributed by atoms with Crippen molar-refractivity contribution in [3.05, 3.63) is 35.9 Å². The quantitative estimate of drug-likeness (QED) is 0.611. The Morgan fingerprint density at radius 3 is 2.30 bits per heavy atom. The van der Waals surface area contributed by atoms with E-state index in [1.54, 1.807) is 0 Å². The molecule has 0 radical (unpaired) electrons. The maximum Gasteiger partial charge on any atom is 0.220 e. The highest BCUT2D eigenvalue weighted by atomic mass is 16.2. The van der Waals surface area contributed by atoms with Crippen LogP contribution < -0.4 is 10.6 Å². The van der Waals surface area contributed by atoms with Gasteiger partial charge in [0.05, 0.1) is 6.04 Å². The van der Waals surface area contributed by atoms with Crippen LogP contribution in [0.4, 0.5) is 0 Å². The predicted octanol–water partition coefficient (Wildman–Crippen LogP) is 3.73. The van der Waals surface area contributed by atoms with Crippen LogP contribution in [0.15, 0.2) is 30.3 Å². The standard InChI is InChI=1S/C19H30N2O2/c1-3-4-5-6-10-15-20-18(22)13-14-19(23)21-16(2)17-11-8-7-9-12-17/h7-9,11-12,16H,3-6,10,13-15H2,1-2H3,(H,20,22)(H,21,23). The summed E-state index contributed by atoms with van der Waals surface area (Å²) in [6, 6.07) is 9.78. The van der Waals surface area contributed by atoms with Crippen molar-refractivity contribution >= 4 is 11.8 Å². The summed E-state index contributed by atoms with van der Waals surface area (Å²) in [5.41, 5.74) is 1.07. The molecule has 0 spiro atoms. The smallest absolute Gasteiger partial charge is 0.220 e. The van der Waals surface area contributed by atoms with E-state index in [1.807, 2.05) is 37.3 Å². The average molecular weight is 318 g/mol. The summed E-state index contributed by atoms with van der Waals surface area (Å²) in [5.74, 6) is -0.123. The molecule has 2 amide bonds. The molecule has 0 aliphatic heterocycles. The second kappa shape index (κ2) is 11.7. The van der Waals surface area contributed by atoms with Crippen molar-refractivity contribution in [1.29, 1.82) is 0 Å². The fourth-order valence-electron chi connectivity index (χ4n) is 2.41. The lowest BCUT2D eigenvalue weighted by Gasteiger charge is -2.14. The fourth-order valence-corrected chi connectivity index (χ4v) is 2.41. The SMILES string of the molecule is CCCCCCCNC(=O)CCC(=O)NC(C)c1ccccc1. The van der Waals surface area contributed by atoms with Gasteiger partial charge in [-0.25, -0.2) is 0 Å². The second-order valence-corrected chi connectivity index (χ2v) is 5.96. The number of amides is 2. The van der Waals surface area contributed by atoms with Gasteiger partial charge in [0.2, 0.25) is 11.8 Å². The van der Waals surface area contributed by atoms with Gasteiger partial charge in [0.1, 0.15) is 0 Å². The van der Waals surface area contributed by atoms with Crippen molar-refractivity contribution in [1.82, 2.24) is 10.6 Å². The number of unbranched alkanes of at least 4 members (excludes halogenated alkanes) is 4. The number of carbonyl (C=O) groups is 2. The zero-order valence-corrected chi connectivity index (χ0v) is 14.4. The van der Waals surface area contributed by atoms with Gasteiger partial charge < -0.3 is 10.6 Å². The number of rotatable bonds is 11. The first-order valence-corrected chi connectivity index (χ1v) is 8.74. The van der Waals surface area contributed by atoms with Gasteiger partial charge in [-0.1, -0.05) is 62.9 Å². The lowest BCUT2D eigenvalue weighted by atomic mass is 10.1. The van der Waals surface area contributed by atoms with E-state index in [2.05, 4.69) is 17.6 Å². The molecule has 0 bridgehead atoms. The van der Waals surface area contributed by atoms with Crippen LogP contribution in [0.3, 0.4) is 0 Å². The Labute approximate surface area is 140 Å². The molecule has 0 aliphatic rings. The third kappa shape index (κ3) is 9.01. The summed E-state index contributed by atoms with van der Waals surface area (Å²) in [4.78, 5) is 23.6. The van der Waals surface area contributed by atoms with Crippen molar-refractivity contribution in [2.75, 3.05) is 6.54 Å². The molecular weight excluding hydrogens is 288 g/mol. The number of carbonyl (C=O) groups excluding carboxylic acids is 2. The van der Waals surface area contributed by atoms with Crippen molar-refractivity contribution in [2.45, 2.75) is 64.8 Å². The van der Waals surface area contributed by atoms with Gasteiger partial charge in [0.25, 0.3) is 0 Å². The Hall–Kier alpha value is -1.84. The van der Waals surface area contributed by atoms with Crippen molar-refractivity contribution in [3.63, 3.8) is 0 Å². The van der Waals surface area contributed by atoms with Crippen molar-refractivity contribution in [3.8, 4) is 0 Å². The maximum atomic E-state index is 11.9. The molecule has 0 heterocycles. The molecule has 1 aromatic carbocycles. The highest BCUT2D eigenvalue weighted by molar-refractivity contribution is 5.83. The van der Waals surface area contributed by atoms with Crippen LogP contribution in [0.1, 0.15) is 70.4 Å². The first kappa shape index (κ1) is 19.2. The molecular formula is C19H30N2O2. The monoisotopic (exact) mass is 318 g/mol. The Morgan fingerprint density at radius 1 is 0.957 bits per heavy atom. The molecule has 0 aromatic heterocycles. The van der Waals surface area contributed by atoms with Crippen LogP contribution in [0.25, 0.3) is 0 Å². The van der Waals surface area contributed by atoms with Gasteiger partial charge >= 0.3 is 0 Å². The summed E-state index contributed by atoms with van der Waals surface area (Å²) in [5, 5.41) is 5.80. The molecule has 0 saturated carbocycles. The molecule has 1 unspecified atom stereocenters. The lowest BCUT2D eigenvalue weighted by Crippen LogP contribution is -2.29. The molecule has 1 aromatic rings. The molecule has 0 fully saturated rings. The molecule has 4 heteroatoms. The summed E-state index contributed by atoms with van der Waals surface area (Å²) in [7, 11) is 0. The van der Waals surface area contributed by atoms with Gasteiger partial charge in [-0.3, -0.25) is 9.59 Å². The van der Waals surface area contributed by atoms with Crippen molar-refractivity contribution < 1.29 is 9.59 Å². The van der Waals surface area contributed by atoms with Crippen LogP contribution in [0, 0.1) is 0 Å². The van der Waals surface area contributed by atoms with Crippen molar-refractivity contribution in [2.24, 2.45) is 0 Å². The zero-order chi connectivity index (χ0) is 16.9. The summed E-state index contributed by atoms with van der Waals surface area (Å²) in [6.45, 7) is 4.85. The van der Waals surface area contributed by atoms with Gasteiger partial charge in [-0.05, 0) is 18.9 Å². The summed E-state index contributed by atoms with van der Waals surface area (Å²) >= 11 is 0. The van der Waals surface area contributed by atoms with E-state index in [1.165, 1.54) is 19.3 Å². The molecule has 2 N–H and O–H groups in total. The minimum Gasteiger partial charge on any atom is -0.356 e. The van der Waals surface area contributed by atoms with Crippen LogP contribution in [0.2, 0.25) is 0 Å². The van der Waals surface area contributed by atoms with Crippen LogP contribution >= 0.6 is 0 Å². The topological polar surface area (TPSA) is 58.2 Å². The molecule has 0 aliphatic carbocycles. The zero-order valence-electron chi connectivity index (χ0n) is 14.4. The fraction of sp³-hybridized carbons (Fsp3) is 0.579. The van der Waals surface area contributed by atoms with E-state index in [0.717, 1.165) is 18.4 Å². The highest BCUT2D eigenvalue weighted by Gasteiger charge is 2.10. The first-order valence-electron chi connectivity index (χ1n) is 8.74. The Morgan fingerprint density at radius 2 is 1.61 bits per heavy atom. The molecule has 0 saturated heterocycles. The van der Waals surface area contributed by atoms with Gasteiger partial charge in [-0.2, -0.15) is 0 Å². The first-order chi connectivity index (χ1) is 11.1. The van der Waals surface area contributed by atoms with Gasteiger partial charge in [0.15, 0.2) is 0 Å². The Kier molecular flexibility index (Phi) is 9.76. The highest BCUT2D eigenvalue weighted by Crippen LogP contribution is 2.11. The minimum atomic E-state index is -0.0838. The molecule has 1 atom stereocenters. The normalized spacial score (nSPS) is 11.7. The third-order valence-electron chi connectivity index (χ3n) is 3.86. The molecule has 128 valence electrons. The van der Waals surface area contributed by atoms with E-state index in [0.29, 0.717) is 6.54 Å². The van der Waals surface area contributed by atoms with E-state index < -0.39 is 0 Å². The van der Waals surface area contributed by atoms with E-state index in [9.17, 15) is 9.59 Å². The van der Waals surface area contributed by atoms with E-state index in [-0.39, 0.29) is 30.7 Å². The minimum absolute atomic E-state index is 0.0367. The largest absolute Gasteiger partial charge is 0.356 e. The number of benzene rings is 1. The van der Waals surface area contributed by atoms with E-state index in [4.69, 9.17) is 0 Å². The van der Waals surface area contributed by atoms with E-state index >= 15 is 0 Å². The second-order valence-electron chi connectivity index (χ2n) is 5.96. The number of hydrogen-bond donors (Lipinski definition) is 2. The van der Waals surface area contributed by atoms with Gasteiger partial charge in [0, 0.05) is 19.4 Å². The van der Waals surface area contributed by atoms with Gasteiger partial charge in [-0.15, -0.1) is 0 Å². The number of hydrogen-bond acceptors (Lipinski definition) is 2. The lowest BCUT2D eigenvalue weighted by molar-refractivity contribution is -0.126. The van der Waals surface area contributed by atoms with Crippen LogP contribution in [-0.2, 0) is 9.59 Å². The third-order valence-corrected chi connectivity index (χ3v) is 3.86. The molecule has 1 rings (SSSR count). The number of nitrogens with one attached hydrogen (secondary N) is 2. The summed E-state index contributed by atoms with van der Waals surface area (Å²) < 4.78 is 0. The average Bonchev–Trinajstić information content (AvgIpc) is 2.57. The van der Waals surface area contributed by atoms with Crippen LogP contribution in [0.5, 0.6) is 0 Å². The van der Waals surface area contributed by atoms with Crippen LogP contribution in [-0.4, -0.2) is 18.4 Å². The predicted molar refractivity (Wildman–Crippen MR) is 94.0 cm³/mol. The Balaban J connectivity index is 2.12.